The lowest BCUT2D eigenvalue weighted by molar-refractivity contribution is -0.0933. The van der Waals surface area contributed by atoms with Crippen molar-refractivity contribution in [2.75, 3.05) is 39.5 Å². The molecule has 0 amide bonds. The van der Waals surface area contributed by atoms with Gasteiger partial charge in [0.05, 0.1) is 25.9 Å². The Kier molecular flexibility index (Phi) is 5.64. The fourth-order valence-corrected chi connectivity index (χ4v) is 3.01. The van der Waals surface area contributed by atoms with E-state index in [-0.39, 0.29) is 18.0 Å². The lowest BCUT2D eigenvalue weighted by Crippen LogP contribution is -2.40. The van der Waals surface area contributed by atoms with E-state index in [1.165, 1.54) is 12.1 Å². The van der Waals surface area contributed by atoms with Crippen molar-refractivity contribution in [3.63, 3.8) is 0 Å². The van der Waals surface area contributed by atoms with E-state index in [9.17, 15) is 4.39 Å². The van der Waals surface area contributed by atoms with E-state index in [2.05, 4.69) is 4.90 Å². The van der Waals surface area contributed by atoms with Crippen molar-refractivity contribution < 1.29 is 18.6 Å². The van der Waals surface area contributed by atoms with Gasteiger partial charge in [0.25, 0.3) is 0 Å². The average Bonchev–Trinajstić information content (AvgIpc) is 2.55. The molecule has 5 heteroatoms. The maximum Gasteiger partial charge on any atom is 0.126 e. The van der Waals surface area contributed by atoms with Gasteiger partial charge in [0.2, 0.25) is 0 Å². The molecule has 2 heterocycles. The van der Waals surface area contributed by atoms with Crippen molar-refractivity contribution in [1.82, 2.24) is 4.90 Å². The number of hydrogen-bond donors (Lipinski definition) is 0. The van der Waals surface area contributed by atoms with E-state index in [4.69, 9.17) is 14.2 Å². The monoisotopic (exact) mass is 309 g/mol. The van der Waals surface area contributed by atoms with Crippen LogP contribution in [-0.2, 0) is 9.47 Å². The zero-order chi connectivity index (χ0) is 15.2. The van der Waals surface area contributed by atoms with Crippen LogP contribution >= 0.6 is 0 Å². The van der Waals surface area contributed by atoms with E-state index >= 15 is 0 Å². The smallest absolute Gasteiger partial charge is 0.126 e. The van der Waals surface area contributed by atoms with Crippen LogP contribution in [0.4, 0.5) is 4.39 Å². The van der Waals surface area contributed by atoms with E-state index in [0.717, 1.165) is 52.1 Å². The average molecular weight is 309 g/mol. The molecule has 0 radical (unpaired) electrons. The summed E-state index contributed by atoms with van der Waals surface area (Å²) in [5.41, 5.74) is 0. The minimum atomic E-state index is -0.246. The lowest BCUT2D eigenvalue weighted by atomic mass is 10.1. The number of nitrogens with zero attached hydrogens (tertiary/aromatic N) is 1. The topological polar surface area (TPSA) is 30.9 Å². The first-order valence-electron chi connectivity index (χ1n) is 8.13. The van der Waals surface area contributed by atoms with Crippen LogP contribution in [0.15, 0.2) is 24.3 Å². The first-order valence-corrected chi connectivity index (χ1v) is 8.13. The third-order valence-corrected chi connectivity index (χ3v) is 4.29. The second-order valence-electron chi connectivity index (χ2n) is 5.97. The molecular weight excluding hydrogens is 285 g/mol. The molecule has 0 bridgehead atoms. The summed E-state index contributed by atoms with van der Waals surface area (Å²) in [5.74, 6) is 0.385. The zero-order valence-corrected chi connectivity index (χ0v) is 12.9. The summed E-state index contributed by atoms with van der Waals surface area (Å²) >= 11 is 0. The Balaban J connectivity index is 1.37. The third kappa shape index (κ3) is 4.66. The van der Waals surface area contributed by atoms with Gasteiger partial charge in [-0.3, -0.25) is 0 Å². The summed E-state index contributed by atoms with van der Waals surface area (Å²) in [6.07, 6.45) is 3.43. The van der Waals surface area contributed by atoms with Crippen LogP contribution in [0.2, 0.25) is 0 Å². The zero-order valence-electron chi connectivity index (χ0n) is 12.9. The van der Waals surface area contributed by atoms with Gasteiger partial charge in [-0.15, -0.1) is 0 Å². The number of piperidine rings is 1. The van der Waals surface area contributed by atoms with Crippen LogP contribution in [0.3, 0.4) is 0 Å². The quantitative estimate of drug-likeness (QED) is 0.836. The van der Waals surface area contributed by atoms with E-state index in [1.807, 2.05) is 6.07 Å². The number of rotatable bonds is 5. The summed E-state index contributed by atoms with van der Waals surface area (Å²) in [6.45, 7) is 5.24. The molecule has 0 aliphatic carbocycles. The molecule has 4 nitrogen and oxygen atoms in total. The number of hydrogen-bond acceptors (Lipinski definition) is 4. The molecule has 122 valence electrons. The van der Waals surface area contributed by atoms with Gasteiger partial charge in [-0.25, -0.2) is 4.39 Å². The molecule has 2 aliphatic heterocycles. The molecule has 0 saturated carbocycles. The van der Waals surface area contributed by atoms with Gasteiger partial charge in [-0.1, -0.05) is 6.07 Å². The second kappa shape index (κ2) is 7.90. The van der Waals surface area contributed by atoms with Gasteiger partial charge in [0.15, 0.2) is 0 Å². The van der Waals surface area contributed by atoms with Crippen LogP contribution < -0.4 is 4.74 Å². The first kappa shape index (κ1) is 15.7. The maximum absolute atomic E-state index is 13.2. The molecule has 2 saturated heterocycles. The molecule has 2 aliphatic rings. The molecule has 1 aromatic rings. The highest BCUT2D eigenvalue weighted by molar-refractivity contribution is 5.22. The summed E-state index contributed by atoms with van der Waals surface area (Å²) in [4.78, 5) is 2.45. The van der Waals surface area contributed by atoms with Gasteiger partial charge < -0.3 is 19.1 Å². The summed E-state index contributed by atoms with van der Waals surface area (Å²) < 4.78 is 30.1. The Morgan fingerprint density at radius 2 is 2.09 bits per heavy atom. The summed E-state index contributed by atoms with van der Waals surface area (Å²) in [6, 6.07) is 6.39. The molecule has 2 fully saturated rings. The summed E-state index contributed by atoms with van der Waals surface area (Å²) in [5, 5.41) is 0. The van der Waals surface area contributed by atoms with Crippen LogP contribution in [0, 0.1) is 5.82 Å². The van der Waals surface area contributed by atoms with Crippen molar-refractivity contribution in [3.05, 3.63) is 30.1 Å². The van der Waals surface area contributed by atoms with Crippen LogP contribution in [0.5, 0.6) is 5.75 Å². The number of ether oxygens (including phenoxy) is 3. The van der Waals surface area contributed by atoms with Crippen molar-refractivity contribution in [2.45, 2.75) is 31.5 Å². The number of likely N-dealkylation sites (tertiary alicyclic amines) is 1. The van der Waals surface area contributed by atoms with Crippen LogP contribution in [-0.4, -0.2) is 56.6 Å². The molecule has 0 aromatic heterocycles. The highest BCUT2D eigenvalue weighted by Gasteiger charge is 2.22. The largest absolute Gasteiger partial charge is 0.490 e. The molecule has 1 unspecified atom stereocenters. The molecule has 3 rings (SSSR count). The first-order chi connectivity index (χ1) is 10.8. The fourth-order valence-electron chi connectivity index (χ4n) is 3.01. The lowest BCUT2D eigenvalue weighted by Gasteiger charge is -2.33. The Bertz CT molecular complexity index is 457. The van der Waals surface area contributed by atoms with E-state index in [0.29, 0.717) is 12.4 Å². The summed E-state index contributed by atoms with van der Waals surface area (Å²) in [7, 11) is 0. The van der Waals surface area contributed by atoms with E-state index in [1.54, 1.807) is 6.07 Å². The van der Waals surface area contributed by atoms with Gasteiger partial charge in [-0.2, -0.15) is 0 Å². The Labute approximate surface area is 131 Å². The second-order valence-corrected chi connectivity index (χ2v) is 5.97. The predicted octanol–water partition coefficient (Wildman–Crippen LogP) is 2.47. The Hall–Kier alpha value is -1.17. The van der Waals surface area contributed by atoms with Crippen molar-refractivity contribution in [3.8, 4) is 5.75 Å². The van der Waals surface area contributed by atoms with Crippen LogP contribution in [0.1, 0.15) is 19.3 Å². The van der Waals surface area contributed by atoms with E-state index < -0.39 is 0 Å². The SMILES string of the molecule is Fc1cccc(OC2CCN(CCC3COCCO3)CC2)c1. The fraction of sp³-hybridized carbons (Fsp3) is 0.647. The molecule has 1 atom stereocenters. The van der Waals surface area contributed by atoms with Crippen molar-refractivity contribution >= 4 is 0 Å². The standard InChI is InChI=1S/C17H24FNO3/c18-14-2-1-3-16(12-14)22-15-4-7-19(8-5-15)9-6-17-13-20-10-11-21-17/h1-3,12,15,17H,4-11,13H2. The third-order valence-electron chi connectivity index (χ3n) is 4.29. The van der Waals surface area contributed by atoms with Gasteiger partial charge >= 0.3 is 0 Å². The maximum atomic E-state index is 13.2. The molecule has 0 spiro atoms. The van der Waals surface area contributed by atoms with Crippen molar-refractivity contribution in [1.29, 1.82) is 0 Å². The molecular formula is C17H24FNO3. The predicted molar refractivity (Wildman–Crippen MR) is 81.7 cm³/mol. The number of benzene rings is 1. The number of halogens is 1. The molecule has 22 heavy (non-hydrogen) atoms. The highest BCUT2D eigenvalue weighted by atomic mass is 19.1. The molecule has 0 N–H and O–H groups in total. The van der Waals surface area contributed by atoms with Gasteiger partial charge in [0, 0.05) is 25.7 Å². The Morgan fingerprint density at radius 3 is 2.82 bits per heavy atom. The Morgan fingerprint density at radius 1 is 1.23 bits per heavy atom. The highest BCUT2D eigenvalue weighted by Crippen LogP contribution is 2.20. The minimum Gasteiger partial charge on any atom is -0.490 e. The van der Waals surface area contributed by atoms with Gasteiger partial charge in [-0.05, 0) is 31.4 Å². The minimum absolute atomic E-state index is 0.187. The van der Waals surface area contributed by atoms with Gasteiger partial charge in [0.1, 0.15) is 17.7 Å². The van der Waals surface area contributed by atoms with Crippen LogP contribution in [0.25, 0.3) is 0 Å². The normalized spacial score (nSPS) is 24.3. The van der Waals surface area contributed by atoms with Crippen molar-refractivity contribution in [2.24, 2.45) is 0 Å². The molecule has 1 aromatic carbocycles.